The monoisotopic (exact) mass is 508 g/mol. The zero-order valence-electron chi connectivity index (χ0n) is 19.3. The van der Waals surface area contributed by atoms with Crippen molar-refractivity contribution in [1.29, 1.82) is 5.26 Å². The molecule has 2 N–H and O–H groups in total. The van der Waals surface area contributed by atoms with Crippen LogP contribution in [0.15, 0.2) is 47.8 Å². The molecular formula is C26H22F2N4O3S. The second kappa shape index (κ2) is 8.99. The number of nitrogens with zero attached hydrogens (tertiary/aromatic N) is 2. The molecule has 2 atom stereocenters. The maximum atomic E-state index is 13.4. The number of fused-ring (bicyclic) bond motifs is 1. The van der Waals surface area contributed by atoms with Gasteiger partial charge in [0.15, 0.2) is 5.13 Å². The van der Waals surface area contributed by atoms with Crippen LogP contribution in [-0.4, -0.2) is 35.9 Å². The molecule has 2 amide bonds. The van der Waals surface area contributed by atoms with E-state index in [-0.39, 0.29) is 13.0 Å². The molecule has 1 aliphatic carbocycles. The number of halogens is 2. The van der Waals surface area contributed by atoms with Gasteiger partial charge in [-0.2, -0.15) is 5.26 Å². The van der Waals surface area contributed by atoms with Gasteiger partial charge in [0.05, 0.1) is 36.2 Å². The minimum atomic E-state index is -2.65. The van der Waals surface area contributed by atoms with Crippen molar-refractivity contribution in [2.75, 3.05) is 18.5 Å². The summed E-state index contributed by atoms with van der Waals surface area (Å²) in [5.41, 5.74) is 2.07. The fourth-order valence-electron chi connectivity index (χ4n) is 4.22. The molecule has 1 aliphatic heterocycles. The number of nitrogens with one attached hydrogen (secondary N) is 2. The third-order valence-electron chi connectivity index (χ3n) is 6.51. The average molecular weight is 509 g/mol. The summed E-state index contributed by atoms with van der Waals surface area (Å²) < 4.78 is 32.4. The lowest BCUT2D eigenvalue weighted by molar-refractivity contribution is -0.115. The molecule has 2 aromatic carbocycles. The predicted molar refractivity (Wildman–Crippen MR) is 130 cm³/mol. The number of carbonyl (C=O) groups excluding carboxylic acids is 2. The van der Waals surface area contributed by atoms with E-state index < -0.39 is 29.1 Å². The van der Waals surface area contributed by atoms with Gasteiger partial charge in [-0.3, -0.25) is 9.59 Å². The fraction of sp³-hybridized carbons (Fsp3) is 0.308. The molecule has 2 heterocycles. The number of thiazole rings is 1. The smallest absolute Gasteiger partial charge is 0.255 e. The predicted octanol–water partition coefficient (Wildman–Crippen LogP) is 4.86. The molecule has 0 saturated heterocycles. The van der Waals surface area contributed by atoms with E-state index in [1.807, 2.05) is 6.92 Å². The number of aromatic nitrogens is 1. The molecule has 184 valence electrons. The van der Waals surface area contributed by atoms with Gasteiger partial charge in [-0.1, -0.05) is 18.2 Å². The lowest BCUT2D eigenvalue weighted by Gasteiger charge is -2.30. The van der Waals surface area contributed by atoms with Gasteiger partial charge in [-0.25, -0.2) is 13.8 Å². The number of carbonyl (C=O) groups is 2. The van der Waals surface area contributed by atoms with Gasteiger partial charge in [0.2, 0.25) is 5.91 Å². The van der Waals surface area contributed by atoms with E-state index in [2.05, 4.69) is 21.7 Å². The number of hydrogen-bond acceptors (Lipinski definition) is 6. The van der Waals surface area contributed by atoms with Crippen LogP contribution in [0.2, 0.25) is 0 Å². The molecule has 5 rings (SSSR count). The largest absolute Gasteiger partial charge is 0.493 e. The molecule has 36 heavy (non-hydrogen) atoms. The molecular weight excluding hydrogens is 486 g/mol. The molecule has 1 saturated carbocycles. The number of nitriles is 1. The second-order valence-corrected chi connectivity index (χ2v) is 10.0. The number of ether oxygens (including phenoxy) is 1. The van der Waals surface area contributed by atoms with Crippen molar-refractivity contribution in [1.82, 2.24) is 10.3 Å². The Balaban J connectivity index is 1.19. The Morgan fingerprint density at radius 2 is 2.08 bits per heavy atom. The molecule has 3 aromatic rings. The van der Waals surface area contributed by atoms with Gasteiger partial charge in [0, 0.05) is 34.9 Å². The molecule has 10 heteroatoms. The maximum absolute atomic E-state index is 13.4. The fourth-order valence-corrected chi connectivity index (χ4v) is 4.96. The maximum Gasteiger partial charge on any atom is 0.255 e. The van der Waals surface area contributed by atoms with Crippen molar-refractivity contribution in [2.24, 2.45) is 0 Å². The summed E-state index contributed by atoms with van der Waals surface area (Å²) in [6.07, 6.45) is 0.383. The Kier molecular flexibility index (Phi) is 5.96. The Hall–Kier alpha value is -3.84. The van der Waals surface area contributed by atoms with Gasteiger partial charge in [-0.05, 0) is 36.8 Å². The van der Waals surface area contributed by atoms with Crippen LogP contribution in [0.25, 0.3) is 11.3 Å². The zero-order chi connectivity index (χ0) is 25.5. The van der Waals surface area contributed by atoms with Crippen LogP contribution in [0.3, 0.4) is 0 Å². The summed E-state index contributed by atoms with van der Waals surface area (Å²) in [5.74, 6) is -3.73. The van der Waals surface area contributed by atoms with Crippen LogP contribution < -0.4 is 15.4 Å². The summed E-state index contributed by atoms with van der Waals surface area (Å²) in [7, 11) is 0. The van der Waals surface area contributed by atoms with Crippen molar-refractivity contribution in [3.8, 4) is 23.1 Å². The molecule has 1 aromatic heterocycles. The minimum absolute atomic E-state index is 0.141. The highest BCUT2D eigenvalue weighted by molar-refractivity contribution is 7.14. The second-order valence-electron chi connectivity index (χ2n) is 9.17. The summed E-state index contributed by atoms with van der Waals surface area (Å²) >= 11 is 1.20. The van der Waals surface area contributed by atoms with Crippen molar-refractivity contribution in [3.63, 3.8) is 0 Å². The standard InChI is InChI=1S/C26H22F2N4O3S/c1-25(14-29)7-8-35-21-6-5-17(10-18(21)25)23(34)30-12-22(33)32-24-31-20(13-36-24)16-4-2-3-15(9-16)19-11-26(19,27)28/h2-6,9-10,13,19H,7-8,11-12H2,1H3,(H,30,34)(H,31,32,33)/t19-,25+/m0/s1. The first kappa shape index (κ1) is 23.9. The van der Waals surface area contributed by atoms with Gasteiger partial charge >= 0.3 is 0 Å². The Bertz CT molecular complexity index is 1400. The first-order valence-corrected chi connectivity index (χ1v) is 12.3. The van der Waals surface area contributed by atoms with Crippen LogP contribution in [0.5, 0.6) is 5.75 Å². The normalized spacial score (nSPS) is 21.4. The molecule has 0 bridgehead atoms. The van der Waals surface area contributed by atoms with Crippen LogP contribution in [0.4, 0.5) is 13.9 Å². The summed E-state index contributed by atoms with van der Waals surface area (Å²) in [5, 5.41) is 16.9. The molecule has 7 nitrogen and oxygen atoms in total. The number of anilines is 1. The third kappa shape index (κ3) is 4.66. The third-order valence-corrected chi connectivity index (χ3v) is 7.27. The quantitative estimate of drug-likeness (QED) is 0.495. The minimum Gasteiger partial charge on any atom is -0.493 e. The number of rotatable bonds is 6. The van der Waals surface area contributed by atoms with E-state index in [1.54, 1.807) is 47.8 Å². The summed E-state index contributed by atoms with van der Waals surface area (Å²) in [6, 6.07) is 14.1. The molecule has 2 aliphatic rings. The lowest BCUT2D eigenvalue weighted by Crippen LogP contribution is -2.33. The van der Waals surface area contributed by atoms with E-state index >= 15 is 0 Å². The topological polar surface area (TPSA) is 104 Å². The van der Waals surface area contributed by atoms with E-state index in [0.717, 1.165) is 0 Å². The van der Waals surface area contributed by atoms with Crippen LogP contribution in [0, 0.1) is 11.3 Å². The highest BCUT2D eigenvalue weighted by Crippen LogP contribution is 2.56. The Morgan fingerprint density at radius 3 is 2.83 bits per heavy atom. The van der Waals surface area contributed by atoms with Crippen LogP contribution in [0.1, 0.15) is 47.2 Å². The molecule has 1 fully saturated rings. The number of benzene rings is 2. The SMILES string of the molecule is C[C@]1(C#N)CCOc2ccc(C(=O)NCC(=O)Nc3nc(-c4cccc([C@@H]5CC5(F)F)c4)cs3)cc21. The van der Waals surface area contributed by atoms with Crippen LogP contribution in [-0.2, 0) is 10.2 Å². The first-order chi connectivity index (χ1) is 17.2. The van der Waals surface area contributed by atoms with E-state index in [0.29, 0.717) is 51.9 Å². The summed E-state index contributed by atoms with van der Waals surface area (Å²) in [4.78, 5) is 29.4. The van der Waals surface area contributed by atoms with E-state index in [4.69, 9.17) is 4.74 Å². The lowest BCUT2D eigenvalue weighted by atomic mass is 9.78. The van der Waals surface area contributed by atoms with Gasteiger partial charge in [0.25, 0.3) is 11.8 Å². The molecule has 0 unspecified atom stereocenters. The number of amides is 2. The molecule has 0 radical (unpaired) electrons. The highest BCUT2D eigenvalue weighted by Gasteiger charge is 2.57. The van der Waals surface area contributed by atoms with Gasteiger partial charge in [0.1, 0.15) is 5.75 Å². The Labute approximate surface area is 210 Å². The van der Waals surface area contributed by atoms with E-state index in [1.165, 1.54) is 11.3 Å². The summed E-state index contributed by atoms with van der Waals surface area (Å²) in [6.45, 7) is 1.97. The zero-order valence-corrected chi connectivity index (χ0v) is 20.1. The average Bonchev–Trinajstić information content (AvgIpc) is 3.28. The van der Waals surface area contributed by atoms with Gasteiger partial charge in [-0.15, -0.1) is 11.3 Å². The van der Waals surface area contributed by atoms with Crippen molar-refractivity contribution < 1.29 is 23.1 Å². The van der Waals surface area contributed by atoms with Crippen molar-refractivity contribution >= 4 is 28.3 Å². The number of alkyl halides is 2. The molecule has 0 spiro atoms. The van der Waals surface area contributed by atoms with Crippen LogP contribution >= 0.6 is 11.3 Å². The Morgan fingerprint density at radius 1 is 1.28 bits per heavy atom. The van der Waals surface area contributed by atoms with E-state index in [9.17, 15) is 23.6 Å². The van der Waals surface area contributed by atoms with Gasteiger partial charge < -0.3 is 15.4 Å². The highest BCUT2D eigenvalue weighted by atomic mass is 32.1. The van der Waals surface area contributed by atoms with Crippen molar-refractivity contribution in [2.45, 2.75) is 37.0 Å². The first-order valence-electron chi connectivity index (χ1n) is 11.4. The van der Waals surface area contributed by atoms with Crippen molar-refractivity contribution in [3.05, 3.63) is 64.5 Å². The number of hydrogen-bond donors (Lipinski definition) is 2.